The molecule has 126 valence electrons. The zero-order valence-corrected chi connectivity index (χ0v) is 14.7. The first-order valence-corrected chi connectivity index (χ1v) is 7.68. The van der Waals surface area contributed by atoms with Gasteiger partial charge in [0.05, 0.1) is 12.1 Å². The first-order valence-electron chi connectivity index (χ1n) is 7.68. The molecule has 0 spiro atoms. The summed E-state index contributed by atoms with van der Waals surface area (Å²) in [6, 6.07) is 0.0768. The van der Waals surface area contributed by atoms with E-state index >= 15 is 0 Å². The van der Waals surface area contributed by atoms with Gasteiger partial charge < -0.3 is 19.7 Å². The number of ether oxygens (including phenoxy) is 2. The minimum atomic E-state index is -0.501. The number of amides is 1. The average molecular weight is 310 g/mol. The summed E-state index contributed by atoms with van der Waals surface area (Å²) in [6.45, 7) is 20.0. The molecule has 22 heavy (non-hydrogen) atoms. The minimum Gasteiger partial charge on any atom is -0.474 e. The van der Waals surface area contributed by atoms with Crippen LogP contribution in [0.1, 0.15) is 48.0 Å². The Bertz CT molecular complexity index is 432. The minimum absolute atomic E-state index is 0.0156. The summed E-state index contributed by atoms with van der Waals surface area (Å²) in [6.07, 6.45) is 2.22. The number of hydrogen-bond donors (Lipinski definition) is 1. The highest BCUT2D eigenvalue weighted by Crippen LogP contribution is 2.26. The van der Waals surface area contributed by atoms with E-state index in [2.05, 4.69) is 18.5 Å². The maximum Gasteiger partial charge on any atom is 0.407 e. The van der Waals surface area contributed by atoms with E-state index in [-0.39, 0.29) is 17.7 Å². The number of carbonyl (C=O) groups is 1. The predicted molar refractivity (Wildman–Crippen MR) is 88.4 cm³/mol. The number of alkyl carbamates (subject to hydrolysis) is 1. The molecule has 2 atom stereocenters. The van der Waals surface area contributed by atoms with Gasteiger partial charge in [0.2, 0.25) is 0 Å². The number of nitrogens with one attached hydrogen (secondary N) is 1. The molecule has 1 fully saturated rings. The van der Waals surface area contributed by atoms with Crippen LogP contribution in [-0.2, 0) is 9.47 Å². The molecular weight excluding hydrogens is 280 g/mol. The lowest BCUT2D eigenvalue weighted by Gasteiger charge is -2.31. The molecule has 1 heterocycles. The monoisotopic (exact) mass is 310 g/mol. The molecule has 0 bridgehead atoms. The second kappa shape index (κ2) is 6.63. The van der Waals surface area contributed by atoms with E-state index in [1.54, 1.807) is 0 Å². The third kappa shape index (κ3) is 6.00. The van der Waals surface area contributed by atoms with Gasteiger partial charge in [-0.05, 0) is 54.5 Å². The molecule has 0 unspecified atom stereocenters. The first kappa shape index (κ1) is 18.4. The Hall–Kier alpha value is -1.65. The van der Waals surface area contributed by atoms with Crippen molar-refractivity contribution < 1.29 is 14.3 Å². The van der Waals surface area contributed by atoms with Crippen molar-refractivity contribution in [3.05, 3.63) is 25.1 Å². The third-order valence-electron chi connectivity index (χ3n) is 3.08. The van der Waals surface area contributed by atoms with Gasteiger partial charge in [-0.15, -0.1) is 6.58 Å². The van der Waals surface area contributed by atoms with Gasteiger partial charge in [-0.1, -0.05) is 6.08 Å². The summed E-state index contributed by atoms with van der Waals surface area (Å²) in [4.78, 5) is 13.9. The van der Waals surface area contributed by atoms with Gasteiger partial charge in [-0.25, -0.2) is 4.79 Å². The highest BCUT2D eigenvalue weighted by molar-refractivity contribution is 5.68. The molecule has 1 aliphatic heterocycles. The van der Waals surface area contributed by atoms with Crippen molar-refractivity contribution in [3.8, 4) is 0 Å². The van der Waals surface area contributed by atoms with E-state index in [1.807, 2.05) is 52.5 Å². The lowest BCUT2D eigenvalue weighted by molar-refractivity contribution is 0.00283. The molecule has 0 saturated carbocycles. The van der Waals surface area contributed by atoms with Gasteiger partial charge in [0.25, 0.3) is 0 Å². The van der Waals surface area contributed by atoms with E-state index in [0.717, 1.165) is 6.42 Å². The summed E-state index contributed by atoms with van der Waals surface area (Å²) < 4.78 is 11.1. The maximum absolute atomic E-state index is 11.9. The van der Waals surface area contributed by atoms with Gasteiger partial charge in [0, 0.05) is 6.54 Å². The third-order valence-corrected chi connectivity index (χ3v) is 3.08. The van der Waals surface area contributed by atoms with E-state index in [1.165, 1.54) is 0 Å². The van der Waals surface area contributed by atoms with Crippen LogP contribution in [0.2, 0.25) is 0 Å². The summed E-state index contributed by atoms with van der Waals surface area (Å²) >= 11 is 0. The van der Waals surface area contributed by atoms with Crippen LogP contribution < -0.4 is 5.32 Å². The van der Waals surface area contributed by atoms with Crippen LogP contribution in [0.4, 0.5) is 4.79 Å². The number of nitrogens with zero attached hydrogens (tertiary/aromatic N) is 1. The number of rotatable bonds is 4. The molecule has 0 aromatic rings. The number of likely N-dealkylation sites (tertiary alicyclic amines) is 1. The van der Waals surface area contributed by atoms with Crippen molar-refractivity contribution in [1.29, 1.82) is 0 Å². The van der Waals surface area contributed by atoms with Crippen LogP contribution in [0.5, 0.6) is 0 Å². The Kier molecular flexibility index (Phi) is 5.54. The van der Waals surface area contributed by atoms with Gasteiger partial charge in [0.1, 0.15) is 11.2 Å². The maximum atomic E-state index is 11.9. The molecule has 1 rings (SSSR count). The van der Waals surface area contributed by atoms with Crippen LogP contribution in [-0.4, -0.2) is 40.8 Å². The van der Waals surface area contributed by atoms with Crippen molar-refractivity contribution in [2.24, 2.45) is 0 Å². The normalized spacial score (nSPS) is 22.2. The molecule has 0 aromatic heterocycles. The molecule has 1 amide bonds. The fourth-order valence-corrected chi connectivity index (χ4v) is 2.37. The van der Waals surface area contributed by atoms with Crippen molar-refractivity contribution in [2.45, 2.75) is 71.2 Å². The lowest BCUT2D eigenvalue weighted by atomic mass is 10.1. The molecule has 5 heteroatoms. The Labute approximate surface area is 134 Å². The Balaban J connectivity index is 2.63. The fraction of sp³-hybridized carbons (Fsp3) is 0.706. The zero-order chi connectivity index (χ0) is 17.1. The SMILES string of the molecule is C=C[C@@H]1C[C@H](NC(=O)OC(C)(C)C)CN1C(=C)OC(C)(C)C. The summed E-state index contributed by atoms with van der Waals surface area (Å²) in [5, 5.41) is 2.90. The van der Waals surface area contributed by atoms with Crippen LogP contribution >= 0.6 is 0 Å². The standard InChI is InChI=1S/C17H30N2O3/c1-9-14-10-13(18-15(20)22-17(6,7)8)11-19(14)12(2)21-16(3,4)5/h9,13-14H,1-2,10-11H2,3-8H3,(H,18,20)/t13-,14+/m0/s1. The van der Waals surface area contributed by atoms with Crippen molar-refractivity contribution in [1.82, 2.24) is 10.2 Å². The number of carbonyl (C=O) groups excluding carboxylic acids is 1. The van der Waals surface area contributed by atoms with E-state index in [4.69, 9.17) is 9.47 Å². The topological polar surface area (TPSA) is 50.8 Å². The lowest BCUT2D eigenvalue weighted by Crippen LogP contribution is -2.40. The van der Waals surface area contributed by atoms with Gasteiger partial charge in [-0.3, -0.25) is 0 Å². The van der Waals surface area contributed by atoms with Crippen molar-refractivity contribution in [3.63, 3.8) is 0 Å². The molecule has 1 saturated heterocycles. The molecule has 5 nitrogen and oxygen atoms in total. The number of hydrogen-bond acceptors (Lipinski definition) is 4. The van der Waals surface area contributed by atoms with E-state index in [9.17, 15) is 4.79 Å². The Morgan fingerprint density at radius 1 is 1.18 bits per heavy atom. The van der Waals surface area contributed by atoms with Crippen molar-refractivity contribution >= 4 is 6.09 Å². The molecule has 0 aliphatic carbocycles. The first-order chi connectivity index (χ1) is 9.91. The van der Waals surface area contributed by atoms with Crippen LogP contribution in [0.25, 0.3) is 0 Å². The molecule has 0 aromatic carbocycles. The summed E-state index contributed by atoms with van der Waals surface area (Å²) in [7, 11) is 0. The highest BCUT2D eigenvalue weighted by atomic mass is 16.6. The molecular formula is C17H30N2O3. The molecule has 1 aliphatic rings. The fourth-order valence-electron chi connectivity index (χ4n) is 2.37. The zero-order valence-electron chi connectivity index (χ0n) is 14.7. The Morgan fingerprint density at radius 2 is 1.73 bits per heavy atom. The summed E-state index contributed by atoms with van der Waals surface area (Å²) in [5.74, 6) is 0.603. The van der Waals surface area contributed by atoms with E-state index in [0.29, 0.717) is 12.4 Å². The van der Waals surface area contributed by atoms with Crippen LogP contribution in [0, 0.1) is 0 Å². The smallest absolute Gasteiger partial charge is 0.407 e. The van der Waals surface area contributed by atoms with Crippen LogP contribution in [0.3, 0.4) is 0 Å². The van der Waals surface area contributed by atoms with Gasteiger partial charge in [-0.2, -0.15) is 0 Å². The molecule has 1 N–H and O–H groups in total. The van der Waals surface area contributed by atoms with Crippen molar-refractivity contribution in [2.75, 3.05) is 6.54 Å². The van der Waals surface area contributed by atoms with Gasteiger partial charge in [0.15, 0.2) is 5.88 Å². The second-order valence-corrected chi connectivity index (χ2v) is 7.64. The quantitative estimate of drug-likeness (QED) is 0.638. The Morgan fingerprint density at radius 3 is 2.18 bits per heavy atom. The molecule has 0 radical (unpaired) electrons. The highest BCUT2D eigenvalue weighted by Gasteiger charge is 2.34. The van der Waals surface area contributed by atoms with E-state index < -0.39 is 11.7 Å². The largest absolute Gasteiger partial charge is 0.474 e. The van der Waals surface area contributed by atoms with Gasteiger partial charge >= 0.3 is 6.09 Å². The summed E-state index contributed by atoms with van der Waals surface area (Å²) in [5.41, 5.74) is -0.807. The second-order valence-electron chi connectivity index (χ2n) is 7.64. The average Bonchev–Trinajstić information content (AvgIpc) is 2.66. The van der Waals surface area contributed by atoms with Crippen LogP contribution in [0.15, 0.2) is 25.1 Å². The predicted octanol–water partition coefficient (Wildman–Crippen LogP) is 3.43.